The number of amides is 3. The Bertz CT molecular complexity index is 787. The van der Waals surface area contributed by atoms with Gasteiger partial charge >= 0.3 is 0 Å². The lowest BCUT2D eigenvalue weighted by Gasteiger charge is -2.44. The van der Waals surface area contributed by atoms with Gasteiger partial charge in [0.1, 0.15) is 6.04 Å². The highest BCUT2D eigenvalue weighted by atomic mass is 16.2. The predicted octanol–water partition coefficient (Wildman–Crippen LogP) is 6.42. The van der Waals surface area contributed by atoms with Gasteiger partial charge in [-0.1, -0.05) is 79.1 Å². The molecule has 0 radical (unpaired) electrons. The van der Waals surface area contributed by atoms with Crippen molar-refractivity contribution in [1.82, 2.24) is 14.7 Å². The van der Waals surface area contributed by atoms with Crippen LogP contribution in [0.1, 0.15) is 130 Å². The molecule has 6 heteroatoms. The molecule has 3 amide bonds. The van der Waals surface area contributed by atoms with Gasteiger partial charge in [0.15, 0.2) is 0 Å². The van der Waals surface area contributed by atoms with Crippen LogP contribution in [0.5, 0.6) is 0 Å². The van der Waals surface area contributed by atoms with Gasteiger partial charge in [0.2, 0.25) is 17.7 Å². The predicted molar refractivity (Wildman–Crippen MR) is 157 cm³/mol. The Hall–Kier alpha value is -1.59. The van der Waals surface area contributed by atoms with Crippen molar-refractivity contribution in [2.24, 2.45) is 23.7 Å². The molecule has 3 atom stereocenters. The van der Waals surface area contributed by atoms with E-state index in [1.807, 2.05) is 9.80 Å². The third kappa shape index (κ3) is 7.58. The Morgan fingerprint density at radius 1 is 0.615 bits per heavy atom. The summed E-state index contributed by atoms with van der Waals surface area (Å²) in [6.07, 6.45) is 17.1. The van der Waals surface area contributed by atoms with Gasteiger partial charge in [0, 0.05) is 43.6 Å². The first-order valence-corrected chi connectivity index (χ1v) is 16.7. The Morgan fingerprint density at radius 3 is 1.62 bits per heavy atom. The molecule has 1 saturated heterocycles. The van der Waals surface area contributed by atoms with Crippen LogP contribution in [0.2, 0.25) is 0 Å². The molecule has 3 saturated carbocycles. The van der Waals surface area contributed by atoms with Gasteiger partial charge in [-0.15, -0.1) is 0 Å². The summed E-state index contributed by atoms with van der Waals surface area (Å²) in [4.78, 5) is 48.8. The number of hydrogen-bond donors (Lipinski definition) is 0. The summed E-state index contributed by atoms with van der Waals surface area (Å²) in [5.74, 6) is 0.758. The summed E-state index contributed by atoms with van der Waals surface area (Å²) in [7, 11) is 0. The number of likely N-dealkylation sites (tertiary alicyclic amines) is 1. The molecule has 0 aromatic carbocycles. The molecule has 0 aromatic rings. The standard InChI is InChI=1S/C33H57N3O3/c1-24(2)22-34(23-25(3)4)31(37)28-18-11-12-19-29(28)32(38)35-21-13-20-30(35)33(39)36(26-14-7-5-8-15-26)27-16-9-6-10-17-27/h24-30H,5-23H2,1-4H3. The third-order valence-corrected chi connectivity index (χ3v) is 9.89. The molecule has 0 N–H and O–H groups in total. The molecule has 0 bridgehead atoms. The average Bonchev–Trinajstić information content (AvgIpc) is 3.43. The molecule has 3 aliphatic carbocycles. The van der Waals surface area contributed by atoms with E-state index in [2.05, 4.69) is 32.6 Å². The zero-order chi connectivity index (χ0) is 27.9. The zero-order valence-electron chi connectivity index (χ0n) is 25.5. The molecule has 4 aliphatic rings. The highest BCUT2D eigenvalue weighted by Gasteiger charge is 2.46. The summed E-state index contributed by atoms with van der Waals surface area (Å²) in [5, 5.41) is 0. The Labute approximate surface area is 238 Å². The minimum Gasteiger partial charge on any atom is -0.342 e. The van der Waals surface area contributed by atoms with Crippen molar-refractivity contribution in [3.05, 3.63) is 0 Å². The quantitative estimate of drug-likeness (QED) is 0.337. The fourth-order valence-electron chi connectivity index (χ4n) is 8.14. The summed E-state index contributed by atoms with van der Waals surface area (Å²) in [5.41, 5.74) is 0. The van der Waals surface area contributed by atoms with E-state index >= 15 is 0 Å². The zero-order valence-corrected chi connectivity index (χ0v) is 25.5. The van der Waals surface area contributed by atoms with Crippen LogP contribution in [0.15, 0.2) is 0 Å². The van der Waals surface area contributed by atoms with E-state index in [0.29, 0.717) is 30.5 Å². The minimum atomic E-state index is -0.332. The van der Waals surface area contributed by atoms with Gasteiger partial charge < -0.3 is 14.7 Å². The number of nitrogens with zero attached hydrogens (tertiary/aromatic N) is 3. The van der Waals surface area contributed by atoms with Gasteiger partial charge in [0.25, 0.3) is 0 Å². The Morgan fingerprint density at radius 2 is 1.10 bits per heavy atom. The van der Waals surface area contributed by atoms with E-state index in [4.69, 9.17) is 0 Å². The highest BCUT2D eigenvalue weighted by molar-refractivity contribution is 5.92. The Balaban J connectivity index is 1.52. The van der Waals surface area contributed by atoms with Gasteiger partial charge in [-0.2, -0.15) is 0 Å². The van der Waals surface area contributed by atoms with Crippen molar-refractivity contribution in [3.63, 3.8) is 0 Å². The van der Waals surface area contributed by atoms with Gasteiger partial charge in [-0.05, 0) is 63.2 Å². The molecule has 0 aromatic heterocycles. The second kappa shape index (κ2) is 14.3. The van der Waals surface area contributed by atoms with Crippen LogP contribution < -0.4 is 0 Å². The molecular formula is C33H57N3O3. The fraction of sp³-hybridized carbons (Fsp3) is 0.909. The highest BCUT2D eigenvalue weighted by Crippen LogP contribution is 2.37. The van der Waals surface area contributed by atoms with E-state index in [9.17, 15) is 14.4 Å². The van der Waals surface area contributed by atoms with Crippen LogP contribution in [-0.4, -0.2) is 70.2 Å². The summed E-state index contributed by atoms with van der Waals surface area (Å²) in [6, 6.07) is 0.356. The smallest absolute Gasteiger partial charge is 0.245 e. The maximum atomic E-state index is 14.4. The number of carbonyl (C=O) groups is 3. The van der Waals surface area contributed by atoms with E-state index in [1.165, 1.54) is 38.5 Å². The van der Waals surface area contributed by atoms with Crippen LogP contribution in [0, 0.1) is 23.7 Å². The molecule has 0 spiro atoms. The maximum Gasteiger partial charge on any atom is 0.245 e. The molecule has 39 heavy (non-hydrogen) atoms. The van der Waals surface area contributed by atoms with Gasteiger partial charge in [-0.25, -0.2) is 0 Å². The fourth-order valence-corrected chi connectivity index (χ4v) is 8.14. The topological polar surface area (TPSA) is 60.9 Å². The lowest BCUT2D eigenvalue weighted by molar-refractivity contribution is -0.154. The number of carbonyl (C=O) groups excluding carboxylic acids is 3. The van der Waals surface area contributed by atoms with Crippen LogP contribution in [0.4, 0.5) is 0 Å². The van der Waals surface area contributed by atoms with Crippen molar-refractivity contribution in [1.29, 1.82) is 0 Å². The van der Waals surface area contributed by atoms with Crippen molar-refractivity contribution in [3.8, 4) is 0 Å². The molecule has 4 fully saturated rings. The lowest BCUT2D eigenvalue weighted by Crippen LogP contribution is -2.57. The van der Waals surface area contributed by atoms with E-state index in [-0.39, 0.29) is 35.6 Å². The average molecular weight is 544 g/mol. The lowest BCUT2D eigenvalue weighted by atomic mass is 9.77. The normalized spacial score (nSPS) is 27.2. The first-order valence-electron chi connectivity index (χ1n) is 16.7. The van der Waals surface area contributed by atoms with Crippen LogP contribution >= 0.6 is 0 Å². The first-order chi connectivity index (χ1) is 18.8. The van der Waals surface area contributed by atoms with Crippen molar-refractivity contribution in [2.45, 2.75) is 149 Å². The monoisotopic (exact) mass is 543 g/mol. The Kier molecular flexibility index (Phi) is 11.2. The number of rotatable bonds is 9. The third-order valence-electron chi connectivity index (χ3n) is 9.89. The number of hydrogen-bond acceptors (Lipinski definition) is 3. The van der Waals surface area contributed by atoms with E-state index < -0.39 is 0 Å². The molecule has 6 nitrogen and oxygen atoms in total. The van der Waals surface area contributed by atoms with Crippen LogP contribution in [0.3, 0.4) is 0 Å². The molecule has 4 rings (SSSR count). The van der Waals surface area contributed by atoms with E-state index in [1.54, 1.807) is 0 Å². The molecule has 1 aliphatic heterocycles. The van der Waals surface area contributed by atoms with E-state index in [0.717, 1.165) is 77.3 Å². The van der Waals surface area contributed by atoms with Crippen molar-refractivity contribution >= 4 is 17.7 Å². The second-order valence-electron chi connectivity index (χ2n) is 14.0. The second-order valence-corrected chi connectivity index (χ2v) is 14.0. The molecular weight excluding hydrogens is 486 g/mol. The molecule has 1 heterocycles. The van der Waals surface area contributed by atoms with Gasteiger partial charge in [-0.3, -0.25) is 14.4 Å². The first kappa shape index (κ1) is 30.4. The summed E-state index contributed by atoms with van der Waals surface area (Å²) >= 11 is 0. The SMILES string of the molecule is CC(C)CN(CC(C)C)C(=O)C1CCCCC1C(=O)N1CCCC1C(=O)N(C1CCCCC1)C1CCCCC1. The van der Waals surface area contributed by atoms with Crippen molar-refractivity contribution < 1.29 is 14.4 Å². The molecule has 3 unspecified atom stereocenters. The maximum absolute atomic E-state index is 14.4. The summed E-state index contributed by atoms with van der Waals surface area (Å²) in [6.45, 7) is 10.8. The van der Waals surface area contributed by atoms with Gasteiger partial charge in [0.05, 0.1) is 0 Å². The van der Waals surface area contributed by atoms with Crippen molar-refractivity contribution in [2.75, 3.05) is 19.6 Å². The largest absolute Gasteiger partial charge is 0.342 e. The minimum absolute atomic E-state index is 0.0881. The molecule has 222 valence electrons. The van der Waals surface area contributed by atoms with Crippen LogP contribution in [0.25, 0.3) is 0 Å². The van der Waals surface area contributed by atoms with Crippen LogP contribution in [-0.2, 0) is 14.4 Å². The summed E-state index contributed by atoms with van der Waals surface area (Å²) < 4.78 is 0.